The molecule has 1 rings (SSSR count). The van der Waals surface area contributed by atoms with Gasteiger partial charge in [0.1, 0.15) is 4.92 Å². The summed E-state index contributed by atoms with van der Waals surface area (Å²) in [5.41, 5.74) is 6.62. The fourth-order valence-corrected chi connectivity index (χ4v) is 0.669. The number of phosphoric acid groups is 1. The molecule has 0 radical (unpaired) electrons. The third-order valence-electron chi connectivity index (χ3n) is 1.16. The Bertz CT molecular complexity index is 511. The SMILES string of the molecule is NC(=O)N/N=C/c1ccc([N+](=O)[O-])o1.O=P(O)(O)O. The molecule has 0 aliphatic rings. The monoisotopic (exact) mass is 296 g/mol. The molecule has 2 amide bonds. The van der Waals surface area contributed by atoms with Crippen LogP contribution in [0.3, 0.4) is 0 Å². The molecule has 106 valence electrons. The maximum absolute atomic E-state index is 10.2. The lowest BCUT2D eigenvalue weighted by atomic mass is 10.5. The first-order chi connectivity index (χ1) is 8.59. The lowest BCUT2D eigenvalue weighted by Gasteiger charge is -1.88. The standard InChI is InChI=1S/C6H6N4O4.H3O4P/c7-6(11)9-8-3-4-1-2-5(14-4)10(12)13;1-5(2,3)4/h1-3H,(H3,7,9,11);(H3,1,2,3,4)/b8-3+;. The number of rotatable bonds is 3. The second-order valence-electron chi connectivity index (χ2n) is 2.68. The summed E-state index contributed by atoms with van der Waals surface area (Å²) in [7, 11) is -4.64. The molecule has 0 spiro atoms. The first kappa shape index (κ1) is 16.7. The van der Waals surface area contributed by atoms with Crippen molar-refractivity contribution < 1.29 is 33.4 Å². The van der Waals surface area contributed by atoms with Gasteiger partial charge in [0.05, 0.1) is 12.3 Å². The topological polar surface area (TPSA) is 202 Å². The second-order valence-corrected chi connectivity index (χ2v) is 3.71. The molecule has 19 heavy (non-hydrogen) atoms. The van der Waals surface area contributed by atoms with Crippen LogP contribution in [0.25, 0.3) is 0 Å². The van der Waals surface area contributed by atoms with Gasteiger partial charge in [0.15, 0.2) is 5.76 Å². The van der Waals surface area contributed by atoms with Crippen LogP contribution < -0.4 is 11.2 Å². The maximum Gasteiger partial charge on any atom is 0.466 e. The normalized spacial score (nSPS) is 10.7. The molecule has 1 aromatic heterocycles. The quantitative estimate of drug-likeness (QED) is 0.207. The van der Waals surface area contributed by atoms with Gasteiger partial charge in [-0.15, -0.1) is 0 Å². The minimum atomic E-state index is -4.64. The van der Waals surface area contributed by atoms with Crippen molar-refractivity contribution in [3.8, 4) is 0 Å². The van der Waals surface area contributed by atoms with Crippen molar-refractivity contribution >= 4 is 26.0 Å². The van der Waals surface area contributed by atoms with Crippen molar-refractivity contribution in [1.82, 2.24) is 5.43 Å². The third-order valence-corrected chi connectivity index (χ3v) is 1.16. The highest BCUT2D eigenvalue weighted by molar-refractivity contribution is 7.45. The van der Waals surface area contributed by atoms with Crippen molar-refractivity contribution in [2.75, 3.05) is 0 Å². The predicted molar refractivity (Wildman–Crippen MR) is 59.9 cm³/mol. The van der Waals surface area contributed by atoms with Gasteiger partial charge in [-0.05, 0) is 6.07 Å². The number of nitrogens with zero attached hydrogens (tertiary/aromatic N) is 2. The Morgan fingerprint density at radius 2 is 2.05 bits per heavy atom. The van der Waals surface area contributed by atoms with Crippen LogP contribution in [0.2, 0.25) is 0 Å². The predicted octanol–water partition coefficient (Wildman–Crippen LogP) is -0.739. The van der Waals surface area contributed by atoms with E-state index in [0.717, 1.165) is 6.21 Å². The lowest BCUT2D eigenvalue weighted by Crippen LogP contribution is -2.24. The molecule has 0 aliphatic carbocycles. The van der Waals surface area contributed by atoms with E-state index < -0.39 is 24.7 Å². The number of carbonyl (C=O) groups is 1. The Labute approximate surface area is 104 Å². The Kier molecular flexibility index (Phi) is 6.36. The highest BCUT2D eigenvalue weighted by Gasteiger charge is 2.09. The molecule has 0 bridgehead atoms. The summed E-state index contributed by atoms with van der Waals surface area (Å²) in [5.74, 6) is -0.254. The highest BCUT2D eigenvalue weighted by atomic mass is 31.2. The van der Waals surface area contributed by atoms with Crippen LogP contribution in [0.5, 0.6) is 0 Å². The van der Waals surface area contributed by atoms with Gasteiger partial charge < -0.3 is 24.8 Å². The number of nitrogens with two attached hydrogens (primary N) is 1. The number of hydrogen-bond donors (Lipinski definition) is 5. The summed E-state index contributed by atoms with van der Waals surface area (Å²) in [6.07, 6.45) is 1.10. The second kappa shape index (κ2) is 7.23. The van der Waals surface area contributed by atoms with Gasteiger partial charge in [0, 0.05) is 0 Å². The van der Waals surface area contributed by atoms with Crippen LogP contribution >= 0.6 is 7.82 Å². The van der Waals surface area contributed by atoms with Crippen LogP contribution in [-0.4, -0.2) is 31.8 Å². The molecule has 6 N–H and O–H groups in total. The number of hydrogen-bond acceptors (Lipinski definition) is 6. The minimum Gasteiger partial charge on any atom is -0.400 e. The van der Waals surface area contributed by atoms with Crippen molar-refractivity contribution in [2.24, 2.45) is 10.8 Å². The number of amides is 2. The van der Waals surface area contributed by atoms with Crippen LogP contribution in [-0.2, 0) is 4.57 Å². The van der Waals surface area contributed by atoms with Crippen LogP contribution in [0.1, 0.15) is 5.76 Å². The molecule has 13 heteroatoms. The maximum atomic E-state index is 10.2. The van der Waals surface area contributed by atoms with E-state index in [4.69, 9.17) is 25.0 Å². The molecule has 0 unspecified atom stereocenters. The van der Waals surface area contributed by atoms with E-state index in [0.29, 0.717) is 0 Å². The zero-order valence-corrected chi connectivity index (χ0v) is 9.93. The van der Waals surface area contributed by atoms with Gasteiger partial charge in [-0.25, -0.2) is 14.8 Å². The third kappa shape index (κ3) is 10.6. The zero-order chi connectivity index (χ0) is 15.1. The van der Waals surface area contributed by atoms with Gasteiger partial charge >= 0.3 is 19.7 Å². The minimum absolute atomic E-state index is 0.144. The van der Waals surface area contributed by atoms with Crippen LogP contribution in [0, 0.1) is 10.1 Å². The van der Waals surface area contributed by atoms with Crippen molar-refractivity contribution in [3.05, 3.63) is 28.0 Å². The van der Waals surface area contributed by atoms with E-state index in [1.165, 1.54) is 12.1 Å². The Balaban J connectivity index is 0.000000555. The zero-order valence-electron chi connectivity index (χ0n) is 9.03. The van der Waals surface area contributed by atoms with E-state index in [1.807, 2.05) is 5.43 Å². The average molecular weight is 296 g/mol. The summed E-state index contributed by atoms with van der Waals surface area (Å²) in [4.78, 5) is 41.2. The molecule has 0 aliphatic heterocycles. The first-order valence-electron chi connectivity index (χ1n) is 4.20. The Morgan fingerprint density at radius 3 is 2.42 bits per heavy atom. The molecule has 1 aromatic rings. The number of hydrazone groups is 1. The average Bonchev–Trinajstić information content (AvgIpc) is 2.63. The van der Waals surface area contributed by atoms with E-state index in [2.05, 4.69) is 9.52 Å². The van der Waals surface area contributed by atoms with Gasteiger partial charge in [-0.2, -0.15) is 5.10 Å². The lowest BCUT2D eigenvalue weighted by molar-refractivity contribution is -0.402. The molecule has 0 atom stereocenters. The molecule has 0 fully saturated rings. The fraction of sp³-hybridized carbons (Fsp3) is 0. The summed E-state index contributed by atoms with van der Waals surface area (Å²) in [5, 5.41) is 13.5. The molecule has 0 saturated carbocycles. The van der Waals surface area contributed by atoms with E-state index in [1.54, 1.807) is 0 Å². The Morgan fingerprint density at radius 1 is 1.53 bits per heavy atom. The molecule has 0 saturated heterocycles. The van der Waals surface area contributed by atoms with Gasteiger partial charge in [-0.1, -0.05) is 0 Å². The summed E-state index contributed by atoms with van der Waals surface area (Å²) >= 11 is 0. The molecular formula is C6H9N4O8P. The van der Waals surface area contributed by atoms with Gasteiger partial charge in [-0.3, -0.25) is 10.1 Å². The number of nitro groups is 1. The molecule has 1 heterocycles. The van der Waals surface area contributed by atoms with Crippen molar-refractivity contribution in [1.29, 1.82) is 0 Å². The number of nitrogens with one attached hydrogen (secondary N) is 1. The van der Waals surface area contributed by atoms with Crippen LogP contribution in [0.4, 0.5) is 10.7 Å². The van der Waals surface area contributed by atoms with Crippen molar-refractivity contribution in [2.45, 2.75) is 0 Å². The molecule has 12 nitrogen and oxygen atoms in total. The summed E-state index contributed by atoms with van der Waals surface area (Å²) in [6.45, 7) is 0. The Hall–Kier alpha value is -2.27. The highest BCUT2D eigenvalue weighted by Crippen LogP contribution is 2.25. The smallest absolute Gasteiger partial charge is 0.400 e. The fourth-order valence-electron chi connectivity index (χ4n) is 0.669. The number of primary amides is 1. The number of urea groups is 1. The van der Waals surface area contributed by atoms with Gasteiger partial charge in [0.25, 0.3) is 0 Å². The van der Waals surface area contributed by atoms with E-state index in [-0.39, 0.29) is 5.76 Å². The van der Waals surface area contributed by atoms with E-state index in [9.17, 15) is 14.9 Å². The van der Waals surface area contributed by atoms with Crippen molar-refractivity contribution in [3.63, 3.8) is 0 Å². The summed E-state index contributed by atoms with van der Waals surface area (Å²) in [6, 6.07) is 1.68. The van der Waals surface area contributed by atoms with Gasteiger partial charge in [0.2, 0.25) is 0 Å². The molecule has 0 aromatic carbocycles. The molecular weight excluding hydrogens is 287 g/mol. The summed E-state index contributed by atoms with van der Waals surface area (Å²) < 4.78 is 13.6. The largest absolute Gasteiger partial charge is 0.466 e. The number of carbonyl (C=O) groups excluding carboxylic acids is 1. The van der Waals surface area contributed by atoms with Crippen LogP contribution in [0.15, 0.2) is 21.7 Å². The number of furan rings is 1. The first-order valence-corrected chi connectivity index (χ1v) is 5.77. The van der Waals surface area contributed by atoms with E-state index >= 15 is 0 Å².